The minimum Gasteiger partial charge on any atom is -0.148 e. The first kappa shape index (κ1) is 12.5. The molecule has 0 amide bonds. The van der Waals surface area contributed by atoms with Crippen molar-refractivity contribution in [3.05, 3.63) is 20.8 Å². The topological polar surface area (TPSA) is 0 Å². The molecule has 1 rings (SSSR count). The SMILES string of the molecule is CC(C)C(Cc1sccc1Br)C(C)Cl. The second-order valence-corrected chi connectivity index (χ2v) is 6.52. The third kappa shape index (κ3) is 3.25. The fourth-order valence-electron chi connectivity index (χ4n) is 1.61. The molecule has 0 fully saturated rings. The Morgan fingerprint density at radius 3 is 2.43 bits per heavy atom. The lowest BCUT2D eigenvalue weighted by Gasteiger charge is -2.22. The summed E-state index contributed by atoms with van der Waals surface area (Å²) < 4.78 is 1.23. The molecule has 0 saturated carbocycles. The molecule has 0 aromatic carbocycles. The smallest absolute Gasteiger partial charge is 0.0341 e. The lowest BCUT2D eigenvalue weighted by molar-refractivity contribution is 0.378. The first-order valence-electron chi connectivity index (χ1n) is 4.88. The van der Waals surface area contributed by atoms with Crippen LogP contribution in [0.4, 0.5) is 0 Å². The molecule has 2 atom stereocenters. The summed E-state index contributed by atoms with van der Waals surface area (Å²) in [4.78, 5) is 1.41. The van der Waals surface area contributed by atoms with E-state index in [2.05, 4.69) is 48.1 Å². The van der Waals surface area contributed by atoms with Crippen LogP contribution in [0.3, 0.4) is 0 Å². The van der Waals surface area contributed by atoms with E-state index in [0.717, 1.165) is 6.42 Å². The first-order valence-corrected chi connectivity index (χ1v) is 6.99. The number of hydrogen-bond donors (Lipinski definition) is 0. The summed E-state index contributed by atoms with van der Waals surface area (Å²) in [5, 5.41) is 2.36. The van der Waals surface area contributed by atoms with Gasteiger partial charge in [-0.25, -0.2) is 0 Å². The average Bonchev–Trinajstić information content (AvgIpc) is 2.46. The Morgan fingerprint density at radius 2 is 2.07 bits per heavy atom. The maximum absolute atomic E-state index is 6.20. The molecule has 0 saturated heterocycles. The second kappa shape index (κ2) is 5.53. The zero-order valence-electron chi connectivity index (χ0n) is 8.76. The summed E-state index contributed by atoms with van der Waals surface area (Å²) >= 11 is 11.6. The van der Waals surface area contributed by atoms with Gasteiger partial charge >= 0.3 is 0 Å². The molecule has 1 heterocycles. The van der Waals surface area contributed by atoms with E-state index in [1.807, 2.05) is 11.3 Å². The molecule has 0 aliphatic carbocycles. The molecule has 0 spiro atoms. The third-order valence-corrected chi connectivity index (χ3v) is 4.83. The normalized spacial score (nSPS) is 15.9. The van der Waals surface area contributed by atoms with Crippen molar-refractivity contribution < 1.29 is 0 Å². The van der Waals surface area contributed by atoms with Crippen molar-refractivity contribution in [1.29, 1.82) is 0 Å². The van der Waals surface area contributed by atoms with Gasteiger partial charge in [0.25, 0.3) is 0 Å². The van der Waals surface area contributed by atoms with Gasteiger partial charge in [0.15, 0.2) is 0 Å². The Morgan fingerprint density at radius 1 is 1.43 bits per heavy atom. The van der Waals surface area contributed by atoms with Crippen molar-refractivity contribution in [2.75, 3.05) is 0 Å². The van der Waals surface area contributed by atoms with Crippen LogP contribution in [-0.2, 0) is 6.42 Å². The van der Waals surface area contributed by atoms with Crippen molar-refractivity contribution in [2.24, 2.45) is 11.8 Å². The fraction of sp³-hybridized carbons (Fsp3) is 0.636. The van der Waals surface area contributed by atoms with Gasteiger partial charge in [-0.05, 0) is 52.6 Å². The molecule has 80 valence electrons. The number of halogens is 2. The van der Waals surface area contributed by atoms with Gasteiger partial charge in [-0.1, -0.05) is 13.8 Å². The molecule has 0 radical (unpaired) electrons. The van der Waals surface area contributed by atoms with E-state index in [0.29, 0.717) is 11.8 Å². The van der Waals surface area contributed by atoms with Gasteiger partial charge < -0.3 is 0 Å². The van der Waals surface area contributed by atoms with Crippen molar-refractivity contribution in [3.63, 3.8) is 0 Å². The van der Waals surface area contributed by atoms with Crippen LogP contribution in [0.5, 0.6) is 0 Å². The highest BCUT2D eigenvalue weighted by atomic mass is 79.9. The van der Waals surface area contributed by atoms with Crippen LogP contribution in [0.25, 0.3) is 0 Å². The van der Waals surface area contributed by atoms with Crippen LogP contribution in [-0.4, -0.2) is 5.38 Å². The summed E-state index contributed by atoms with van der Waals surface area (Å²) in [6.45, 7) is 6.57. The monoisotopic (exact) mass is 294 g/mol. The fourth-order valence-corrected chi connectivity index (χ4v) is 3.58. The van der Waals surface area contributed by atoms with Crippen molar-refractivity contribution in [3.8, 4) is 0 Å². The zero-order valence-corrected chi connectivity index (χ0v) is 11.9. The van der Waals surface area contributed by atoms with Crippen LogP contribution in [0.2, 0.25) is 0 Å². The molecule has 14 heavy (non-hydrogen) atoms. The lowest BCUT2D eigenvalue weighted by atomic mass is 9.89. The quantitative estimate of drug-likeness (QED) is 0.689. The summed E-state index contributed by atoms with van der Waals surface area (Å²) in [6, 6.07) is 2.11. The minimum absolute atomic E-state index is 0.240. The van der Waals surface area contributed by atoms with Crippen LogP contribution >= 0.6 is 38.9 Å². The predicted octanol–water partition coefficient (Wildman–Crippen LogP) is 4.95. The van der Waals surface area contributed by atoms with Crippen LogP contribution < -0.4 is 0 Å². The largest absolute Gasteiger partial charge is 0.148 e. The Hall–Kier alpha value is 0.470. The average molecular weight is 296 g/mol. The minimum atomic E-state index is 0.240. The Bertz CT molecular complexity index is 273. The van der Waals surface area contributed by atoms with Gasteiger partial charge in [0, 0.05) is 14.7 Å². The summed E-state index contributed by atoms with van der Waals surface area (Å²) in [5.41, 5.74) is 0. The highest BCUT2D eigenvalue weighted by Crippen LogP contribution is 2.30. The van der Waals surface area contributed by atoms with Crippen LogP contribution in [0.15, 0.2) is 15.9 Å². The number of hydrogen-bond acceptors (Lipinski definition) is 1. The predicted molar refractivity (Wildman–Crippen MR) is 69.4 cm³/mol. The van der Waals surface area contributed by atoms with E-state index < -0.39 is 0 Å². The van der Waals surface area contributed by atoms with Gasteiger partial charge in [-0.15, -0.1) is 22.9 Å². The summed E-state index contributed by atoms with van der Waals surface area (Å²) in [6.07, 6.45) is 1.08. The Kier molecular flexibility index (Phi) is 4.95. The summed E-state index contributed by atoms with van der Waals surface area (Å²) in [5.74, 6) is 1.20. The molecular weight excluding hydrogens is 280 g/mol. The first-order chi connectivity index (χ1) is 6.52. The number of thiophene rings is 1. The number of rotatable bonds is 4. The summed E-state index contributed by atoms with van der Waals surface area (Å²) in [7, 11) is 0. The van der Waals surface area contributed by atoms with E-state index in [-0.39, 0.29) is 5.38 Å². The Balaban J connectivity index is 2.70. The molecule has 0 nitrogen and oxygen atoms in total. The van der Waals surface area contributed by atoms with Crippen molar-refractivity contribution >= 4 is 38.9 Å². The van der Waals surface area contributed by atoms with E-state index in [1.165, 1.54) is 9.35 Å². The molecule has 0 aliphatic rings. The van der Waals surface area contributed by atoms with Crippen LogP contribution in [0.1, 0.15) is 25.6 Å². The van der Waals surface area contributed by atoms with Crippen LogP contribution in [0, 0.1) is 11.8 Å². The maximum atomic E-state index is 6.20. The van der Waals surface area contributed by atoms with Gasteiger partial charge in [0.1, 0.15) is 0 Å². The van der Waals surface area contributed by atoms with Gasteiger partial charge in [-0.3, -0.25) is 0 Å². The highest BCUT2D eigenvalue weighted by Gasteiger charge is 2.20. The molecule has 2 unspecified atom stereocenters. The van der Waals surface area contributed by atoms with Gasteiger partial charge in [0.2, 0.25) is 0 Å². The molecule has 1 aromatic heterocycles. The Labute approximate surface area is 104 Å². The zero-order chi connectivity index (χ0) is 10.7. The maximum Gasteiger partial charge on any atom is 0.0341 e. The van der Waals surface area contributed by atoms with Crippen molar-refractivity contribution in [2.45, 2.75) is 32.6 Å². The lowest BCUT2D eigenvalue weighted by Crippen LogP contribution is -2.20. The molecule has 0 N–H and O–H groups in total. The van der Waals surface area contributed by atoms with E-state index in [4.69, 9.17) is 11.6 Å². The van der Waals surface area contributed by atoms with Crippen molar-refractivity contribution in [1.82, 2.24) is 0 Å². The highest BCUT2D eigenvalue weighted by molar-refractivity contribution is 9.10. The van der Waals surface area contributed by atoms with E-state index in [9.17, 15) is 0 Å². The molecule has 0 bridgehead atoms. The van der Waals surface area contributed by atoms with Gasteiger partial charge in [0.05, 0.1) is 0 Å². The third-order valence-electron chi connectivity index (χ3n) is 2.56. The molecule has 3 heteroatoms. The van der Waals surface area contributed by atoms with E-state index in [1.54, 1.807) is 0 Å². The molecular formula is C11H16BrClS. The van der Waals surface area contributed by atoms with E-state index >= 15 is 0 Å². The second-order valence-electron chi connectivity index (χ2n) is 3.98. The molecule has 0 aliphatic heterocycles. The molecule has 1 aromatic rings. The number of alkyl halides is 1. The van der Waals surface area contributed by atoms with Gasteiger partial charge in [-0.2, -0.15) is 0 Å². The standard InChI is InChI=1S/C11H16BrClS/c1-7(2)9(8(3)13)6-11-10(12)4-5-14-11/h4-5,7-9H,6H2,1-3H3.